The highest BCUT2D eigenvalue weighted by atomic mass is 32.1. The van der Waals surface area contributed by atoms with Crippen LogP contribution in [0.1, 0.15) is 27.2 Å². The van der Waals surface area contributed by atoms with Crippen molar-refractivity contribution in [1.29, 1.82) is 0 Å². The lowest BCUT2D eigenvalue weighted by Gasteiger charge is -2.20. The van der Waals surface area contributed by atoms with Crippen molar-refractivity contribution < 1.29 is 4.79 Å². The number of hydrogen-bond acceptors (Lipinski definition) is 6. The Morgan fingerprint density at radius 3 is 2.46 bits per heavy atom. The van der Waals surface area contributed by atoms with Gasteiger partial charge in [0, 0.05) is 14.1 Å². The van der Waals surface area contributed by atoms with Gasteiger partial charge in [0.25, 0.3) is 11.5 Å². The second kappa shape index (κ2) is 8.59. The number of carbonyl (C=O) groups is 1. The van der Waals surface area contributed by atoms with Gasteiger partial charge in [-0.15, -0.1) is 0 Å². The summed E-state index contributed by atoms with van der Waals surface area (Å²) in [6, 6.07) is 16.9. The van der Waals surface area contributed by atoms with Gasteiger partial charge in [-0.2, -0.15) is 0 Å². The molecule has 8 nitrogen and oxygen atoms in total. The Morgan fingerprint density at radius 2 is 1.71 bits per heavy atom. The number of rotatable bonds is 4. The molecule has 0 N–H and O–H groups in total. The van der Waals surface area contributed by atoms with Crippen molar-refractivity contribution in [3.05, 3.63) is 97.8 Å². The van der Waals surface area contributed by atoms with Crippen LogP contribution in [0, 0.1) is 13.8 Å². The van der Waals surface area contributed by atoms with Crippen molar-refractivity contribution >= 4 is 43.6 Å². The van der Waals surface area contributed by atoms with Gasteiger partial charge in [-0.3, -0.25) is 23.6 Å². The van der Waals surface area contributed by atoms with Crippen molar-refractivity contribution in [3.8, 4) is 0 Å². The van der Waals surface area contributed by atoms with Crippen molar-refractivity contribution in [2.45, 2.75) is 20.4 Å². The molecule has 0 atom stereocenters. The third-order valence-electron chi connectivity index (χ3n) is 6.00. The number of anilines is 1. The number of pyridine rings is 1. The fourth-order valence-electron chi connectivity index (χ4n) is 4.18. The van der Waals surface area contributed by atoms with Gasteiger partial charge in [0.1, 0.15) is 11.3 Å². The monoisotopic (exact) mass is 485 g/mol. The van der Waals surface area contributed by atoms with E-state index < -0.39 is 11.2 Å². The van der Waals surface area contributed by atoms with E-state index in [9.17, 15) is 14.4 Å². The number of amides is 1. The van der Waals surface area contributed by atoms with Crippen LogP contribution in [-0.4, -0.2) is 25.0 Å². The second-order valence-corrected chi connectivity index (χ2v) is 9.58. The number of hydrogen-bond donors (Lipinski definition) is 0. The molecule has 0 radical (unpaired) electrons. The van der Waals surface area contributed by atoms with Gasteiger partial charge >= 0.3 is 5.69 Å². The Balaban J connectivity index is 1.66. The van der Waals surface area contributed by atoms with E-state index in [0.29, 0.717) is 11.7 Å². The second-order valence-electron chi connectivity index (χ2n) is 8.58. The van der Waals surface area contributed by atoms with E-state index in [1.807, 2.05) is 44.2 Å². The summed E-state index contributed by atoms with van der Waals surface area (Å²) in [7, 11) is 2.95. The molecule has 9 heteroatoms. The van der Waals surface area contributed by atoms with E-state index >= 15 is 0 Å². The highest BCUT2D eigenvalue weighted by molar-refractivity contribution is 7.22. The Labute approximate surface area is 204 Å². The molecular weight excluding hydrogens is 462 g/mol. The fourth-order valence-corrected chi connectivity index (χ4v) is 5.32. The minimum Gasteiger partial charge on any atom is -0.280 e. The van der Waals surface area contributed by atoms with Crippen LogP contribution in [0.5, 0.6) is 0 Å². The van der Waals surface area contributed by atoms with E-state index in [1.165, 1.54) is 36.1 Å². The summed E-state index contributed by atoms with van der Waals surface area (Å²) in [6.45, 7) is 4.34. The molecule has 5 rings (SSSR count). The quantitative estimate of drug-likeness (QED) is 0.387. The average Bonchev–Trinajstić information content (AvgIpc) is 3.28. The molecule has 3 aromatic heterocycles. The van der Waals surface area contributed by atoms with E-state index in [2.05, 4.69) is 17.1 Å². The minimum atomic E-state index is -0.502. The highest BCUT2D eigenvalue weighted by Gasteiger charge is 2.24. The number of carbonyl (C=O) groups excluding carboxylic acids is 1. The molecular formula is C26H23N5O3S. The first kappa shape index (κ1) is 22.7. The van der Waals surface area contributed by atoms with Crippen LogP contribution in [0.25, 0.3) is 21.3 Å². The molecule has 5 aromatic rings. The Bertz CT molecular complexity index is 1730. The van der Waals surface area contributed by atoms with Gasteiger partial charge in [-0.05, 0) is 48.7 Å². The number of benzene rings is 2. The summed E-state index contributed by atoms with van der Waals surface area (Å²) in [5, 5.41) is 0.828. The lowest BCUT2D eigenvalue weighted by molar-refractivity contribution is 0.0980. The molecule has 35 heavy (non-hydrogen) atoms. The molecule has 0 spiro atoms. The number of aromatic nitrogens is 4. The van der Waals surface area contributed by atoms with Gasteiger partial charge < -0.3 is 0 Å². The Kier molecular flexibility index (Phi) is 5.56. The Morgan fingerprint density at radius 1 is 0.971 bits per heavy atom. The third kappa shape index (κ3) is 3.93. The summed E-state index contributed by atoms with van der Waals surface area (Å²) >= 11 is 1.45. The zero-order valence-corrected chi connectivity index (χ0v) is 20.6. The van der Waals surface area contributed by atoms with Gasteiger partial charge in [-0.25, -0.2) is 14.8 Å². The smallest absolute Gasteiger partial charge is 0.280 e. The molecule has 0 saturated carbocycles. The predicted molar refractivity (Wildman–Crippen MR) is 138 cm³/mol. The first-order valence-electron chi connectivity index (χ1n) is 11.0. The van der Waals surface area contributed by atoms with E-state index in [-0.39, 0.29) is 22.6 Å². The molecule has 1 amide bonds. The maximum absolute atomic E-state index is 13.8. The van der Waals surface area contributed by atoms with E-state index in [1.54, 1.807) is 11.0 Å². The molecule has 176 valence electrons. The summed E-state index contributed by atoms with van der Waals surface area (Å²) in [5.74, 6) is -0.364. The summed E-state index contributed by atoms with van der Waals surface area (Å²) in [5.41, 5.74) is 3.32. The first-order chi connectivity index (χ1) is 16.7. The summed E-state index contributed by atoms with van der Waals surface area (Å²) in [4.78, 5) is 49.6. The fraction of sp³-hybridized carbons (Fsp3) is 0.192. The lowest BCUT2D eigenvalue weighted by Crippen LogP contribution is -2.38. The van der Waals surface area contributed by atoms with Gasteiger partial charge in [0.15, 0.2) is 5.13 Å². The molecule has 0 aliphatic rings. The van der Waals surface area contributed by atoms with Crippen molar-refractivity contribution in [1.82, 2.24) is 19.1 Å². The van der Waals surface area contributed by atoms with Crippen LogP contribution in [0.4, 0.5) is 5.13 Å². The normalized spacial score (nSPS) is 11.3. The molecule has 0 fully saturated rings. The Hall–Kier alpha value is -4.11. The number of nitrogens with zero attached hydrogens (tertiary/aromatic N) is 5. The molecule has 0 aliphatic carbocycles. The van der Waals surface area contributed by atoms with Crippen molar-refractivity contribution in [2.75, 3.05) is 4.90 Å². The van der Waals surface area contributed by atoms with Crippen LogP contribution < -0.4 is 16.1 Å². The first-order valence-corrected chi connectivity index (χ1v) is 11.9. The average molecular weight is 486 g/mol. The maximum atomic E-state index is 13.8. The molecule has 0 unspecified atom stereocenters. The standard InChI is InChI=1S/C26H23N5O3S/c1-15-12-16(2)21-20(13-15)35-25(28-21)31(14-17-8-6-5-7-9-17)24(33)19-11-10-18-22(27-19)29(3)26(34)30(4)23(18)32/h5-13H,14H2,1-4H3. The molecule has 0 bridgehead atoms. The van der Waals surface area contributed by atoms with Gasteiger partial charge in [0.05, 0.1) is 22.1 Å². The number of aryl methyl sites for hydroxylation is 3. The van der Waals surface area contributed by atoms with Gasteiger partial charge in [0.2, 0.25) is 0 Å². The summed E-state index contributed by atoms with van der Waals surface area (Å²) < 4.78 is 3.30. The molecule has 0 saturated heterocycles. The van der Waals surface area contributed by atoms with E-state index in [4.69, 9.17) is 4.98 Å². The third-order valence-corrected chi connectivity index (χ3v) is 7.02. The number of fused-ring (bicyclic) bond motifs is 2. The zero-order valence-electron chi connectivity index (χ0n) is 19.8. The van der Waals surface area contributed by atoms with Crippen molar-refractivity contribution in [3.63, 3.8) is 0 Å². The topological polar surface area (TPSA) is 90.1 Å². The van der Waals surface area contributed by atoms with Crippen LogP contribution in [-0.2, 0) is 20.6 Å². The van der Waals surface area contributed by atoms with Crippen molar-refractivity contribution in [2.24, 2.45) is 14.1 Å². The molecule has 2 aromatic carbocycles. The van der Waals surface area contributed by atoms with E-state index in [0.717, 1.165) is 31.5 Å². The number of thiazole rings is 1. The van der Waals surface area contributed by atoms with Crippen LogP contribution in [0.15, 0.2) is 64.2 Å². The zero-order chi connectivity index (χ0) is 24.9. The molecule has 0 aliphatic heterocycles. The highest BCUT2D eigenvalue weighted by Crippen LogP contribution is 2.33. The molecule has 3 heterocycles. The maximum Gasteiger partial charge on any atom is 0.332 e. The van der Waals surface area contributed by atoms with Gasteiger partial charge in [-0.1, -0.05) is 47.7 Å². The SMILES string of the molecule is Cc1cc(C)c2nc(N(Cc3ccccc3)C(=O)c3ccc4c(=O)n(C)c(=O)n(C)c4n3)sc2c1. The largest absolute Gasteiger partial charge is 0.332 e. The van der Waals surface area contributed by atoms with Crippen LogP contribution in [0.2, 0.25) is 0 Å². The van der Waals surface area contributed by atoms with Crippen LogP contribution >= 0.6 is 11.3 Å². The minimum absolute atomic E-state index is 0.129. The predicted octanol–water partition coefficient (Wildman–Crippen LogP) is 3.71. The van der Waals surface area contributed by atoms with Crippen LogP contribution in [0.3, 0.4) is 0 Å². The summed E-state index contributed by atoms with van der Waals surface area (Å²) in [6.07, 6.45) is 0. The lowest BCUT2D eigenvalue weighted by atomic mass is 10.1.